The number of nitrogens with one attached hydrogen (secondary N) is 1. The van der Waals surface area contributed by atoms with Crippen LogP contribution in [0.5, 0.6) is 0 Å². The molecule has 1 aliphatic rings. The number of aromatic nitrogens is 2. The van der Waals surface area contributed by atoms with Crippen LogP contribution >= 0.6 is 11.3 Å². The number of amides is 2. The maximum absolute atomic E-state index is 12.5. The third-order valence-corrected chi connectivity index (χ3v) is 5.32. The standard InChI is InChI=1S/C18H22N4O3S/c1-3-15(24)22(2)11-14(23)20-18(8-5-4-6-9-18)17-19-16(21-25-17)13-7-10-26-12-13/h3,7,10,12H,1,4-6,8-9,11H2,2H3,(H,20,23). The molecule has 1 fully saturated rings. The van der Waals surface area contributed by atoms with E-state index in [0.29, 0.717) is 11.7 Å². The van der Waals surface area contributed by atoms with Gasteiger partial charge in [-0.3, -0.25) is 9.59 Å². The molecule has 2 aromatic heterocycles. The van der Waals surface area contributed by atoms with Crippen LogP contribution in [0.4, 0.5) is 0 Å². The van der Waals surface area contributed by atoms with Gasteiger partial charge in [0.2, 0.25) is 17.6 Å². The maximum atomic E-state index is 12.5. The van der Waals surface area contributed by atoms with Gasteiger partial charge in [-0.2, -0.15) is 16.3 Å². The zero-order valence-electron chi connectivity index (χ0n) is 14.7. The van der Waals surface area contributed by atoms with Crippen molar-refractivity contribution in [2.24, 2.45) is 0 Å². The highest BCUT2D eigenvalue weighted by atomic mass is 32.1. The Hall–Kier alpha value is -2.48. The molecule has 0 unspecified atom stereocenters. The van der Waals surface area contributed by atoms with E-state index >= 15 is 0 Å². The molecule has 0 spiro atoms. The Kier molecular flexibility index (Phi) is 5.51. The molecule has 0 aliphatic heterocycles. The largest absolute Gasteiger partial charge is 0.340 e. The highest BCUT2D eigenvalue weighted by molar-refractivity contribution is 7.08. The van der Waals surface area contributed by atoms with Crippen LogP contribution in [0, 0.1) is 0 Å². The van der Waals surface area contributed by atoms with Crippen molar-refractivity contribution in [1.82, 2.24) is 20.4 Å². The van der Waals surface area contributed by atoms with Gasteiger partial charge in [-0.05, 0) is 30.4 Å². The third kappa shape index (κ3) is 3.85. The molecule has 2 aromatic rings. The zero-order chi connectivity index (χ0) is 18.6. The van der Waals surface area contributed by atoms with Gasteiger partial charge in [-0.15, -0.1) is 0 Å². The van der Waals surface area contributed by atoms with E-state index in [1.54, 1.807) is 18.4 Å². The summed E-state index contributed by atoms with van der Waals surface area (Å²) in [6.45, 7) is 3.39. The van der Waals surface area contributed by atoms with Crippen molar-refractivity contribution in [2.75, 3.05) is 13.6 Å². The summed E-state index contributed by atoms with van der Waals surface area (Å²) in [6.07, 6.45) is 5.72. The topological polar surface area (TPSA) is 88.3 Å². The van der Waals surface area contributed by atoms with Crippen LogP contribution in [0.25, 0.3) is 11.4 Å². The summed E-state index contributed by atoms with van der Waals surface area (Å²) in [5.74, 6) is 0.416. The molecule has 8 heteroatoms. The molecule has 2 amide bonds. The molecule has 1 N–H and O–H groups in total. The smallest absolute Gasteiger partial charge is 0.252 e. The van der Waals surface area contributed by atoms with Gasteiger partial charge in [0.1, 0.15) is 5.54 Å². The van der Waals surface area contributed by atoms with E-state index in [9.17, 15) is 9.59 Å². The molecule has 3 rings (SSSR count). The van der Waals surface area contributed by atoms with E-state index in [-0.39, 0.29) is 18.4 Å². The Morgan fingerprint density at radius 1 is 1.42 bits per heavy atom. The molecule has 0 radical (unpaired) electrons. The highest BCUT2D eigenvalue weighted by Crippen LogP contribution is 2.37. The number of nitrogens with zero attached hydrogens (tertiary/aromatic N) is 3. The lowest BCUT2D eigenvalue weighted by Gasteiger charge is -2.35. The van der Waals surface area contributed by atoms with Gasteiger partial charge in [0, 0.05) is 18.0 Å². The summed E-state index contributed by atoms with van der Waals surface area (Å²) in [4.78, 5) is 30.0. The summed E-state index contributed by atoms with van der Waals surface area (Å²) < 4.78 is 5.54. The first-order valence-corrected chi connectivity index (χ1v) is 9.54. The summed E-state index contributed by atoms with van der Waals surface area (Å²) in [5, 5.41) is 11.0. The molecule has 0 atom stereocenters. The molecule has 138 valence electrons. The van der Waals surface area contributed by atoms with Crippen LogP contribution in [0.3, 0.4) is 0 Å². The first kappa shape index (κ1) is 18.3. The van der Waals surface area contributed by atoms with Gasteiger partial charge in [-0.1, -0.05) is 31.0 Å². The molecular formula is C18H22N4O3S. The Morgan fingerprint density at radius 3 is 2.85 bits per heavy atom. The highest BCUT2D eigenvalue weighted by Gasteiger charge is 2.41. The van der Waals surface area contributed by atoms with Gasteiger partial charge >= 0.3 is 0 Å². The number of carbonyl (C=O) groups is 2. The monoisotopic (exact) mass is 374 g/mol. The lowest BCUT2D eigenvalue weighted by molar-refractivity contribution is -0.132. The number of rotatable bonds is 6. The minimum atomic E-state index is -0.672. The fourth-order valence-electron chi connectivity index (χ4n) is 3.23. The molecule has 7 nitrogen and oxygen atoms in total. The second-order valence-corrected chi connectivity index (χ2v) is 7.30. The van der Waals surface area contributed by atoms with Gasteiger partial charge in [-0.25, -0.2) is 0 Å². The van der Waals surface area contributed by atoms with Crippen LogP contribution in [0.15, 0.2) is 34.0 Å². The molecule has 0 bridgehead atoms. The lowest BCUT2D eigenvalue weighted by atomic mass is 9.81. The van der Waals surface area contributed by atoms with E-state index in [1.165, 1.54) is 11.0 Å². The van der Waals surface area contributed by atoms with Crippen molar-refractivity contribution in [1.29, 1.82) is 0 Å². The van der Waals surface area contributed by atoms with Crippen molar-refractivity contribution in [3.8, 4) is 11.4 Å². The average molecular weight is 374 g/mol. The molecule has 1 aliphatic carbocycles. The van der Waals surface area contributed by atoms with E-state index in [1.807, 2.05) is 16.8 Å². The molecule has 2 heterocycles. The number of carbonyl (C=O) groups excluding carboxylic acids is 2. The minimum absolute atomic E-state index is 0.0435. The predicted molar refractivity (Wildman–Crippen MR) is 98.4 cm³/mol. The van der Waals surface area contributed by atoms with Gasteiger partial charge in [0.15, 0.2) is 0 Å². The van der Waals surface area contributed by atoms with Crippen LogP contribution in [-0.2, 0) is 15.1 Å². The number of thiophene rings is 1. The number of hydrogen-bond acceptors (Lipinski definition) is 6. The van der Waals surface area contributed by atoms with Crippen molar-refractivity contribution in [2.45, 2.75) is 37.6 Å². The Morgan fingerprint density at radius 2 is 2.19 bits per heavy atom. The van der Waals surface area contributed by atoms with Crippen molar-refractivity contribution in [3.05, 3.63) is 35.4 Å². The quantitative estimate of drug-likeness (QED) is 0.786. The van der Waals surface area contributed by atoms with Crippen molar-refractivity contribution >= 4 is 23.2 Å². The fraction of sp³-hybridized carbons (Fsp3) is 0.444. The summed E-state index contributed by atoms with van der Waals surface area (Å²) >= 11 is 1.56. The Labute approximate surface area is 156 Å². The summed E-state index contributed by atoms with van der Waals surface area (Å²) in [7, 11) is 1.57. The van der Waals surface area contributed by atoms with E-state index in [2.05, 4.69) is 22.0 Å². The molecule has 1 saturated carbocycles. The van der Waals surface area contributed by atoms with Gasteiger partial charge in [0.05, 0.1) is 6.54 Å². The van der Waals surface area contributed by atoms with Crippen LogP contribution in [-0.4, -0.2) is 40.4 Å². The van der Waals surface area contributed by atoms with E-state index in [0.717, 1.165) is 37.7 Å². The normalized spacial score (nSPS) is 16.0. The summed E-state index contributed by atoms with van der Waals surface area (Å²) in [6, 6.07) is 1.93. The number of likely N-dealkylation sites (N-methyl/N-ethyl adjacent to an activating group) is 1. The third-order valence-electron chi connectivity index (χ3n) is 4.63. The average Bonchev–Trinajstić information content (AvgIpc) is 3.33. The summed E-state index contributed by atoms with van der Waals surface area (Å²) in [5.41, 5.74) is 0.230. The van der Waals surface area contributed by atoms with Crippen LogP contribution < -0.4 is 5.32 Å². The van der Waals surface area contributed by atoms with Gasteiger partial charge in [0.25, 0.3) is 5.89 Å². The first-order valence-electron chi connectivity index (χ1n) is 8.59. The van der Waals surface area contributed by atoms with E-state index < -0.39 is 5.54 Å². The zero-order valence-corrected chi connectivity index (χ0v) is 15.6. The molecule has 26 heavy (non-hydrogen) atoms. The maximum Gasteiger partial charge on any atom is 0.252 e. The second-order valence-electron chi connectivity index (χ2n) is 6.52. The molecule has 0 aromatic carbocycles. The Bertz CT molecular complexity index is 778. The van der Waals surface area contributed by atoms with Crippen molar-refractivity contribution < 1.29 is 14.1 Å². The second kappa shape index (κ2) is 7.82. The minimum Gasteiger partial charge on any atom is -0.340 e. The van der Waals surface area contributed by atoms with E-state index in [4.69, 9.17) is 4.52 Å². The molecule has 0 saturated heterocycles. The fourth-order valence-corrected chi connectivity index (χ4v) is 3.86. The lowest BCUT2D eigenvalue weighted by Crippen LogP contribution is -2.50. The number of hydrogen-bond donors (Lipinski definition) is 1. The SMILES string of the molecule is C=CC(=O)N(C)CC(=O)NC1(c2nc(-c3ccsc3)no2)CCCCC1. The predicted octanol–water partition coefficient (Wildman–Crippen LogP) is 2.72. The van der Waals surface area contributed by atoms with Crippen LogP contribution in [0.1, 0.15) is 38.0 Å². The van der Waals surface area contributed by atoms with Gasteiger partial charge < -0.3 is 14.7 Å². The van der Waals surface area contributed by atoms with Crippen molar-refractivity contribution in [3.63, 3.8) is 0 Å². The Balaban J connectivity index is 1.79. The first-order chi connectivity index (χ1) is 12.5. The molecular weight excluding hydrogens is 352 g/mol. The van der Waals surface area contributed by atoms with Crippen LogP contribution in [0.2, 0.25) is 0 Å².